The number of aromatic nitrogens is 2. The number of carbonyl (C=O) groups excluding carboxylic acids is 1. The molecule has 1 aromatic heterocycles. The number of halogens is 1. The molecule has 0 radical (unpaired) electrons. The van der Waals surface area contributed by atoms with Crippen molar-refractivity contribution < 1.29 is 13.9 Å². The molecular weight excluding hydrogens is 415 g/mol. The van der Waals surface area contributed by atoms with Crippen LogP contribution < -0.4 is 26.6 Å². The first-order valence-corrected chi connectivity index (χ1v) is 10.2. The van der Waals surface area contributed by atoms with E-state index in [4.69, 9.17) is 10.5 Å². The summed E-state index contributed by atoms with van der Waals surface area (Å²) in [7, 11) is 1.36. The van der Waals surface area contributed by atoms with E-state index in [1.807, 2.05) is 13.0 Å². The third-order valence-electron chi connectivity index (χ3n) is 5.04. The van der Waals surface area contributed by atoms with Crippen LogP contribution in [0.15, 0.2) is 58.1 Å². The van der Waals surface area contributed by atoms with Crippen LogP contribution in [0.4, 0.5) is 15.9 Å². The van der Waals surface area contributed by atoms with Gasteiger partial charge in [-0.25, -0.2) is 9.18 Å². The quantitative estimate of drug-likeness (QED) is 0.560. The van der Waals surface area contributed by atoms with Crippen molar-refractivity contribution >= 4 is 17.4 Å². The summed E-state index contributed by atoms with van der Waals surface area (Å²) in [5.41, 5.74) is 5.24. The van der Waals surface area contributed by atoms with E-state index >= 15 is 0 Å². The lowest BCUT2D eigenvalue weighted by atomic mass is 10.1. The third kappa shape index (κ3) is 4.72. The first kappa shape index (κ1) is 22.8. The van der Waals surface area contributed by atoms with E-state index in [9.17, 15) is 18.8 Å². The van der Waals surface area contributed by atoms with Gasteiger partial charge in [0.1, 0.15) is 17.4 Å². The number of ether oxygens (including phenoxy) is 1. The zero-order valence-corrected chi connectivity index (χ0v) is 17.9. The number of nitrogens with one attached hydrogen (secondary N) is 1. The number of aromatic amines is 1. The summed E-state index contributed by atoms with van der Waals surface area (Å²) in [6.07, 6.45) is 1.45. The van der Waals surface area contributed by atoms with Crippen LogP contribution in [0, 0.1) is 5.82 Å². The Morgan fingerprint density at radius 3 is 2.56 bits per heavy atom. The number of nitrogen functional groups attached to an aromatic ring is 1. The first-order valence-electron chi connectivity index (χ1n) is 10.2. The standard InChI is InChI=1S/C23H25FN4O4/c1-3-4-12-27-20(25)19(21(29)26-23(27)31)28(14-15-8-6-5-7-9-15)22(30)17-13-16(24)10-11-18(17)32-2/h5-11,13H,3-4,12,14,25H2,1-2H3,(H,26,29,31). The molecule has 0 bridgehead atoms. The van der Waals surface area contributed by atoms with Crippen LogP contribution in [0.5, 0.6) is 5.75 Å². The lowest BCUT2D eigenvalue weighted by Gasteiger charge is -2.25. The smallest absolute Gasteiger partial charge is 0.330 e. The Morgan fingerprint density at radius 1 is 1.19 bits per heavy atom. The Morgan fingerprint density at radius 2 is 1.91 bits per heavy atom. The minimum Gasteiger partial charge on any atom is -0.496 e. The molecule has 0 unspecified atom stereocenters. The maximum absolute atomic E-state index is 14.0. The van der Waals surface area contributed by atoms with E-state index in [-0.39, 0.29) is 35.9 Å². The number of nitrogens with two attached hydrogens (primary N) is 1. The molecule has 0 aliphatic heterocycles. The number of nitrogens with zero attached hydrogens (tertiary/aromatic N) is 2. The normalized spacial score (nSPS) is 10.7. The van der Waals surface area contributed by atoms with Crippen molar-refractivity contribution in [3.05, 3.63) is 86.3 Å². The van der Waals surface area contributed by atoms with Crippen molar-refractivity contribution in [1.82, 2.24) is 9.55 Å². The molecule has 9 heteroatoms. The van der Waals surface area contributed by atoms with Crippen LogP contribution in [0.2, 0.25) is 0 Å². The molecule has 3 aromatic rings. The molecule has 3 N–H and O–H groups in total. The molecule has 0 spiro atoms. The molecule has 168 valence electrons. The van der Waals surface area contributed by atoms with Crippen LogP contribution >= 0.6 is 0 Å². The zero-order valence-electron chi connectivity index (χ0n) is 17.9. The summed E-state index contributed by atoms with van der Waals surface area (Å²) in [5, 5.41) is 0. The minimum atomic E-state index is -0.806. The molecule has 32 heavy (non-hydrogen) atoms. The second kappa shape index (κ2) is 9.95. The Balaban J connectivity index is 2.21. The van der Waals surface area contributed by atoms with Crippen molar-refractivity contribution in [1.29, 1.82) is 0 Å². The van der Waals surface area contributed by atoms with Gasteiger partial charge in [0.25, 0.3) is 11.5 Å². The molecule has 0 aliphatic carbocycles. The molecule has 3 rings (SSSR count). The van der Waals surface area contributed by atoms with Gasteiger partial charge in [-0.2, -0.15) is 0 Å². The maximum Gasteiger partial charge on any atom is 0.330 e. The third-order valence-corrected chi connectivity index (χ3v) is 5.04. The van der Waals surface area contributed by atoms with Crippen molar-refractivity contribution in [3.63, 3.8) is 0 Å². The van der Waals surface area contributed by atoms with E-state index in [1.165, 1.54) is 23.8 Å². The molecular formula is C23H25FN4O4. The fourth-order valence-corrected chi connectivity index (χ4v) is 3.39. The molecule has 0 saturated heterocycles. The van der Waals surface area contributed by atoms with Crippen molar-refractivity contribution in [2.45, 2.75) is 32.9 Å². The van der Waals surface area contributed by atoms with Gasteiger partial charge in [-0.3, -0.25) is 24.0 Å². The molecule has 0 fully saturated rings. The molecule has 1 amide bonds. The van der Waals surface area contributed by atoms with Gasteiger partial charge >= 0.3 is 5.69 Å². The molecule has 0 aliphatic rings. The fourth-order valence-electron chi connectivity index (χ4n) is 3.39. The predicted molar refractivity (Wildman–Crippen MR) is 121 cm³/mol. The summed E-state index contributed by atoms with van der Waals surface area (Å²) in [5.74, 6) is -1.32. The minimum absolute atomic E-state index is 0.0292. The highest BCUT2D eigenvalue weighted by Crippen LogP contribution is 2.27. The average Bonchev–Trinajstić information content (AvgIpc) is 2.78. The van der Waals surface area contributed by atoms with Gasteiger partial charge < -0.3 is 10.5 Å². The summed E-state index contributed by atoms with van der Waals surface area (Å²) in [6, 6.07) is 12.5. The van der Waals surface area contributed by atoms with Gasteiger partial charge in [0.15, 0.2) is 5.69 Å². The van der Waals surface area contributed by atoms with Gasteiger partial charge in [-0.1, -0.05) is 43.7 Å². The van der Waals surface area contributed by atoms with Gasteiger partial charge in [0, 0.05) is 6.54 Å². The van der Waals surface area contributed by atoms with Crippen LogP contribution in [-0.4, -0.2) is 22.6 Å². The summed E-state index contributed by atoms with van der Waals surface area (Å²) >= 11 is 0. The number of carbonyl (C=O) groups is 1. The summed E-state index contributed by atoms with van der Waals surface area (Å²) in [4.78, 5) is 42.1. The van der Waals surface area contributed by atoms with E-state index < -0.39 is 23.0 Å². The van der Waals surface area contributed by atoms with Crippen molar-refractivity contribution in [2.24, 2.45) is 0 Å². The Kier molecular flexibility index (Phi) is 7.09. The number of hydrogen-bond donors (Lipinski definition) is 2. The molecule has 0 saturated carbocycles. The van der Waals surface area contributed by atoms with Crippen LogP contribution in [-0.2, 0) is 13.1 Å². The van der Waals surface area contributed by atoms with E-state index in [1.54, 1.807) is 24.3 Å². The number of H-pyrrole nitrogens is 1. The zero-order chi connectivity index (χ0) is 23.3. The highest BCUT2D eigenvalue weighted by Gasteiger charge is 2.27. The monoisotopic (exact) mass is 440 g/mol. The number of anilines is 2. The Hall–Kier alpha value is -3.88. The number of unbranched alkanes of at least 4 members (excludes halogenated alkanes) is 1. The molecule has 8 nitrogen and oxygen atoms in total. The SMILES string of the molecule is CCCCn1c(N)c(N(Cc2ccccc2)C(=O)c2cc(F)ccc2OC)c(=O)[nH]c1=O. The van der Waals surface area contributed by atoms with Gasteiger partial charge in [-0.05, 0) is 30.2 Å². The predicted octanol–water partition coefficient (Wildman–Crippen LogP) is 2.91. The van der Waals surface area contributed by atoms with E-state index in [2.05, 4.69) is 4.98 Å². The van der Waals surface area contributed by atoms with Gasteiger partial charge in [0.2, 0.25) is 0 Å². The average molecular weight is 440 g/mol. The Bertz CT molecular complexity index is 1220. The van der Waals surface area contributed by atoms with Gasteiger partial charge in [-0.15, -0.1) is 0 Å². The Labute approximate surface area is 184 Å². The van der Waals surface area contributed by atoms with E-state index in [0.717, 1.165) is 17.4 Å². The highest BCUT2D eigenvalue weighted by molar-refractivity contribution is 6.08. The lowest BCUT2D eigenvalue weighted by Crippen LogP contribution is -2.41. The summed E-state index contributed by atoms with van der Waals surface area (Å²) in [6.45, 7) is 2.20. The largest absolute Gasteiger partial charge is 0.496 e. The van der Waals surface area contributed by atoms with Crippen LogP contribution in [0.3, 0.4) is 0 Å². The molecule has 0 atom stereocenters. The number of hydrogen-bond acceptors (Lipinski definition) is 5. The van der Waals surface area contributed by atoms with Gasteiger partial charge in [0.05, 0.1) is 19.2 Å². The number of amides is 1. The first-order chi connectivity index (χ1) is 15.4. The van der Waals surface area contributed by atoms with Crippen molar-refractivity contribution in [2.75, 3.05) is 17.7 Å². The number of rotatable bonds is 8. The lowest BCUT2D eigenvalue weighted by molar-refractivity contribution is 0.0981. The maximum atomic E-state index is 14.0. The van der Waals surface area contributed by atoms with Crippen LogP contribution in [0.25, 0.3) is 0 Å². The summed E-state index contributed by atoms with van der Waals surface area (Å²) < 4.78 is 20.4. The molecule has 1 heterocycles. The highest BCUT2D eigenvalue weighted by atomic mass is 19.1. The number of benzene rings is 2. The number of methoxy groups -OCH3 is 1. The van der Waals surface area contributed by atoms with Crippen molar-refractivity contribution in [3.8, 4) is 5.75 Å². The second-order valence-electron chi connectivity index (χ2n) is 7.22. The topological polar surface area (TPSA) is 110 Å². The second-order valence-corrected chi connectivity index (χ2v) is 7.22. The van der Waals surface area contributed by atoms with Crippen LogP contribution in [0.1, 0.15) is 35.7 Å². The molecule has 2 aromatic carbocycles. The fraction of sp³-hybridized carbons (Fsp3) is 0.261. The van der Waals surface area contributed by atoms with E-state index in [0.29, 0.717) is 12.0 Å².